The largest absolute Gasteiger partial charge is 0.338 e. The van der Waals surface area contributed by atoms with Crippen LogP contribution >= 0.6 is 0 Å². The van der Waals surface area contributed by atoms with Gasteiger partial charge in [-0.3, -0.25) is 15.0 Å². The van der Waals surface area contributed by atoms with Crippen LogP contribution in [-0.4, -0.2) is 23.3 Å². The lowest BCUT2D eigenvalue weighted by Crippen LogP contribution is -2.31. The van der Waals surface area contributed by atoms with Gasteiger partial charge in [-0.2, -0.15) is 0 Å². The molecule has 0 aliphatic carbocycles. The number of hydrogen-bond acceptors (Lipinski definition) is 3. The molecule has 2 rings (SSSR count). The maximum absolute atomic E-state index is 12.0. The molecule has 21 heavy (non-hydrogen) atoms. The van der Waals surface area contributed by atoms with E-state index in [4.69, 9.17) is 5.84 Å². The fourth-order valence-corrected chi connectivity index (χ4v) is 2.62. The Morgan fingerprint density at radius 1 is 1.33 bits per heavy atom. The van der Waals surface area contributed by atoms with E-state index in [-0.39, 0.29) is 18.2 Å². The molecule has 0 radical (unpaired) electrons. The van der Waals surface area contributed by atoms with Crippen LogP contribution in [-0.2, 0) is 22.6 Å². The molecule has 2 amide bonds. The van der Waals surface area contributed by atoms with Crippen LogP contribution < -0.4 is 11.3 Å². The van der Waals surface area contributed by atoms with Crippen LogP contribution in [0.1, 0.15) is 31.4 Å². The van der Waals surface area contributed by atoms with E-state index >= 15 is 0 Å². The maximum atomic E-state index is 12.0. The van der Waals surface area contributed by atoms with E-state index in [0.717, 1.165) is 17.7 Å². The Kier molecular flexibility index (Phi) is 4.96. The minimum Gasteiger partial charge on any atom is -0.338 e. The van der Waals surface area contributed by atoms with Crippen LogP contribution in [0, 0.1) is 11.8 Å². The second kappa shape index (κ2) is 6.72. The average molecular weight is 289 g/mol. The summed E-state index contributed by atoms with van der Waals surface area (Å²) >= 11 is 0. The molecule has 1 unspecified atom stereocenters. The van der Waals surface area contributed by atoms with Gasteiger partial charge in [0, 0.05) is 19.5 Å². The molecular formula is C16H23N3O2. The van der Waals surface area contributed by atoms with E-state index in [0.29, 0.717) is 24.8 Å². The molecule has 1 heterocycles. The van der Waals surface area contributed by atoms with Crippen molar-refractivity contribution in [2.45, 2.75) is 33.2 Å². The molecule has 0 bridgehead atoms. The number of hydrogen-bond donors (Lipinski definition) is 2. The van der Waals surface area contributed by atoms with E-state index < -0.39 is 0 Å². The first-order chi connectivity index (χ1) is 9.99. The van der Waals surface area contributed by atoms with E-state index in [1.807, 2.05) is 29.2 Å². The zero-order valence-corrected chi connectivity index (χ0v) is 12.6. The highest BCUT2D eigenvalue weighted by molar-refractivity contribution is 5.79. The summed E-state index contributed by atoms with van der Waals surface area (Å²) in [7, 11) is 0. The molecule has 1 atom stereocenters. The van der Waals surface area contributed by atoms with Crippen LogP contribution in [0.2, 0.25) is 0 Å². The molecule has 1 aliphatic rings. The topological polar surface area (TPSA) is 75.4 Å². The molecule has 1 aromatic carbocycles. The Bertz CT molecular complexity index is 511. The van der Waals surface area contributed by atoms with Crippen LogP contribution in [0.15, 0.2) is 24.3 Å². The molecule has 1 aliphatic heterocycles. The Hall–Kier alpha value is -1.88. The third kappa shape index (κ3) is 4.04. The number of benzene rings is 1. The molecule has 0 spiro atoms. The van der Waals surface area contributed by atoms with Crippen LogP contribution in [0.4, 0.5) is 0 Å². The van der Waals surface area contributed by atoms with Gasteiger partial charge in [0.25, 0.3) is 0 Å². The molecule has 1 fully saturated rings. The number of likely N-dealkylation sites (tertiary alicyclic amines) is 1. The molecule has 114 valence electrons. The van der Waals surface area contributed by atoms with E-state index in [2.05, 4.69) is 19.3 Å². The summed E-state index contributed by atoms with van der Waals surface area (Å²) in [6, 6.07) is 7.75. The minimum absolute atomic E-state index is 0.211. The number of nitrogens with one attached hydrogen (secondary N) is 1. The lowest BCUT2D eigenvalue weighted by molar-refractivity contribution is -0.128. The first kappa shape index (κ1) is 15.5. The summed E-state index contributed by atoms with van der Waals surface area (Å²) in [6.45, 7) is 5.82. The van der Waals surface area contributed by atoms with Crippen molar-refractivity contribution in [1.82, 2.24) is 10.3 Å². The Morgan fingerprint density at radius 3 is 2.48 bits per heavy atom. The summed E-state index contributed by atoms with van der Waals surface area (Å²) < 4.78 is 0. The number of carbonyl (C=O) groups is 2. The summed E-state index contributed by atoms with van der Waals surface area (Å²) in [4.78, 5) is 25.1. The highest BCUT2D eigenvalue weighted by atomic mass is 16.2. The van der Waals surface area contributed by atoms with Crippen LogP contribution in [0.25, 0.3) is 0 Å². The molecule has 3 N–H and O–H groups in total. The van der Waals surface area contributed by atoms with Crippen molar-refractivity contribution in [3.05, 3.63) is 35.4 Å². The van der Waals surface area contributed by atoms with Gasteiger partial charge < -0.3 is 4.90 Å². The first-order valence-electron chi connectivity index (χ1n) is 7.34. The number of nitrogens with two attached hydrogens (primary N) is 1. The zero-order valence-electron chi connectivity index (χ0n) is 12.6. The van der Waals surface area contributed by atoms with Crippen molar-refractivity contribution < 1.29 is 9.59 Å². The van der Waals surface area contributed by atoms with Gasteiger partial charge in [-0.15, -0.1) is 0 Å². The lowest BCUT2D eigenvalue weighted by atomic mass is 9.95. The van der Waals surface area contributed by atoms with Crippen molar-refractivity contribution in [3.8, 4) is 0 Å². The van der Waals surface area contributed by atoms with Gasteiger partial charge in [-0.05, 0) is 23.0 Å². The van der Waals surface area contributed by atoms with Gasteiger partial charge in [-0.1, -0.05) is 38.1 Å². The minimum atomic E-state index is -0.211. The Morgan fingerprint density at radius 2 is 1.95 bits per heavy atom. The molecule has 0 saturated carbocycles. The molecule has 5 nitrogen and oxygen atoms in total. The quantitative estimate of drug-likeness (QED) is 0.486. The third-order valence-electron chi connectivity index (χ3n) is 4.11. The monoisotopic (exact) mass is 289 g/mol. The zero-order chi connectivity index (χ0) is 15.4. The molecule has 5 heteroatoms. The van der Waals surface area contributed by atoms with Crippen LogP contribution in [0.5, 0.6) is 0 Å². The fourth-order valence-electron chi connectivity index (χ4n) is 2.62. The van der Waals surface area contributed by atoms with E-state index in [9.17, 15) is 9.59 Å². The van der Waals surface area contributed by atoms with Crippen molar-refractivity contribution in [1.29, 1.82) is 0 Å². The Balaban J connectivity index is 1.94. The summed E-state index contributed by atoms with van der Waals surface area (Å²) in [5.41, 5.74) is 4.12. The number of hydrazine groups is 1. The molecular weight excluding hydrogens is 266 g/mol. The summed E-state index contributed by atoms with van der Waals surface area (Å²) in [5, 5.41) is 0. The van der Waals surface area contributed by atoms with Gasteiger partial charge in [0.05, 0.1) is 6.42 Å². The van der Waals surface area contributed by atoms with Crippen molar-refractivity contribution in [2.75, 3.05) is 6.54 Å². The van der Waals surface area contributed by atoms with E-state index in [1.54, 1.807) is 0 Å². The number of nitrogens with zero attached hydrogens (tertiary/aromatic N) is 1. The van der Waals surface area contributed by atoms with Crippen molar-refractivity contribution >= 4 is 11.8 Å². The van der Waals surface area contributed by atoms with Crippen LogP contribution in [0.3, 0.4) is 0 Å². The summed E-state index contributed by atoms with van der Waals surface area (Å²) in [5.74, 6) is 6.09. The van der Waals surface area contributed by atoms with Gasteiger partial charge in [0.15, 0.2) is 0 Å². The Labute approximate surface area is 125 Å². The van der Waals surface area contributed by atoms with Gasteiger partial charge in [0.1, 0.15) is 0 Å². The summed E-state index contributed by atoms with van der Waals surface area (Å²) in [6.07, 6.45) is 0.932. The number of amides is 2. The molecule has 1 aromatic rings. The SMILES string of the molecule is CC(C)C1CC(=O)N(Cc2ccc(CC(=O)NN)cc2)C1. The predicted octanol–water partition coefficient (Wildman–Crippen LogP) is 1.22. The molecule has 0 aromatic heterocycles. The van der Waals surface area contributed by atoms with Gasteiger partial charge in [0.2, 0.25) is 11.8 Å². The number of carbonyl (C=O) groups excluding carboxylic acids is 2. The fraction of sp³-hybridized carbons (Fsp3) is 0.500. The normalized spacial score (nSPS) is 18.4. The standard InChI is InChI=1S/C16H23N3O2/c1-11(2)14-8-16(21)19(10-14)9-13-5-3-12(4-6-13)7-15(20)18-17/h3-6,11,14H,7-10,17H2,1-2H3,(H,18,20). The van der Waals surface area contributed by atoms with Crippen molar-refractivity contribution in [2.24, 2.45) is 17.7 Å². The second-order valence-electron chi connectivity index (χ2n) is 6.04. The predicted molar refractivity (Wildman–Crippen MR) is 80.8 cm³/mol. The van der Waals surface area contributed by atoms with E-state index in [1.165, 1.54) is 0 Å². The average Bonchev–Trinajstić information content (AvgIpc) is 2.82. The third-order valence-corrected chi connectivity index (χ3v) is 4.11. The first-order valence-corrected chi connectivity index (χ1v) is 7.34. The smallest absolute Gasteiger partial charge is 0.238 e. The highest BCUT2D eigenvalue weighted by Crippen LogP contribution is 2.26. The number of rotatable bonds is 5. The maximum Gasteiger partial charge on any atom is 0.238 e. The van der Waals surface area contributed by atoms with Gasteiger partial charge >= 0.3 is 0 Å². The second-order valence-corrected chi connectivity index (χ2v) is 6.04. The lowest BCUT2D eigenvalue weighted by Gasteiger charge is -2.18. The van der Waals surface area contributed by atoms with Gasteiger partial charge in [-0.25, -0.2) is 5.84 Å². The molecule has 1 saturated heterocycles. The van der Waals surface area contributed by atoms with Crippen molar-refractivity contribution in [3.63, 3.8) is 0 Å². The highest BCUT2D eigenvalue weighted by Gasteiger charge is 2.31.